The van der Waals surface area contributed by atoms with E-state index in [9.17, 15) is 4.79 Å². The maximum Gasteiger partial charge on any atom is 0.227 e. The summed E-state index contributed by atoms with van der Waals surface area (Å²) >= 11 is 0. The van der Waals surface area contributed by atoms with E-state index in [1.807, 2.05) is 38.2 Å². The zero-order valence-corrected chi connectivity index (χ0v) is 14.0. The molecule has 1 saturated carbocycles. The Morgan fingerprint density at radius 2 is 2.09 bits per heavy atom. The molecule has 23 heavy (non-hydrogen) atoms. The van der Waals surface area contributed by atoms with Gasteiger partial charge in [0.2, 0.25) is 5.91 Å². The second-order valence-electron chi connectivity index (χ2n) is 7.02. The highest BCUT2D eigenvalue weighted by Crippen LogP contribution is 2.34. The number of likely N-dealkylation sites (N-methyl/N-ethyl adjacent to an activating group) is 1. The van der Waals surface area contributed by atoms with Crippen molar-refractivity contribution >= 4 is 5.91 Å². The maximum atomic E-state index is 12.8. The predicted molar refractivity (Wildman–Crippen MR) is 88.5 cm³/mol. The van der Waals surface area contributed by atoms with E-state index in [4.69, 9.17) is 15.2 Å². The van der Waals surface area contributed by atoms with Gasteiger partial charge in [0.25, 0.3) is 0 Å². The lowest BCUT2D eigenvalue weighted by molar-refractivity contribution is -0.139. The van der Waals surface area contributed by atoms with Gasteiger partial charge in [0.15, 0.2) is 17.6 Å². The van der Waals surface area contributed by atoms with Crippen molar-refractivity contribution in [2.75, 3.05) is 20.2 Å². The van der Waals surface area contributed by atoms with Crippen LogP contribution in [0.5, 0.6) is 11.5 Å². The molecule has 0 radical (unpaired) electrons. The number of amides is 1. The van der Waals surface area contributed by atoms with E-state index in [2.05, 4.69) is 0 Å². The van der Waals surface area contributed by atoms with E-state index in [-0.39, 0.29) is 17.9 Å². The van der Waals surface area contributed by atoms with Crippen LogP contribution in [0.1, 0.15) is 32.6 Å². The summed E-state index contributed by atoms with van der Waals surface area (Å²) in [4.78, 5) is 14.5. The van der Waals surface area contributed by atoms with E-state index < -0.39 is 5.54 Å². The number of carbonyl (C=O) groups excluding carboxylic acids is 1. The molecular formula is C18H26N2O3. The standard InChI is InChI=1S/C18H26N2O3/c1-18(19)10-6-5-7-14(18)17(21)20(2)11-13-12-22-15-8-3-4-9-16(15)23-13/h3-4,8-9,13-14H,5-7,10-12,19H2,1-2H3. The molecule has 1 fully saturated rings. The van der Waals surface area contributed by atoms with E-state index in [0.717, 1.165) is 37.2 Å². The fourth-order valence-corrected chi connectivity index (χ4v) is 3.58. The van der Waals surface area contributed by atoms with Crippen LogP contribution in [0.15, 0.2) is 24.3 Å². The number of ether oxygens (including phenoxy) is 2. The maximum absolute atomic E-state index is 12.8. The molecule has 2 aliphatic rings. The van der Waals surface area contributed by atoms with E-state index in [0.29, 0.717) is 13.2 Å². The van der Waals surface area contributed by atoms with Gasteiger partial charge < -0.3 is 20.1 Å². The molecule has 3 unspecified atom stereocenters. The number of carbonyl (C=O) groups is 1. The Hall–Kier alpha value is -1.75. The van der Waals surface area contributed by atoms with Crippen molar-refractivity contribution in [1.82, 2.24) is 4.90 Å². The highest BCUT2D eigenvalue weighted by atomic mass is 16.6. The molecule has 1 aromatic rings. The van der Waals surface area contributed by atoms with Crippen molar-refractivity contribution in [1.29, 1.82) is 0 Å². The third kappa shape index (κ3) is 3.44. The van der Waals surface area contributed by atoms with Crippen LogP contribution in [0.25, 0.3) is 0 Å². The molecular weight excluding hydrogens is 292 g/mol. The largest absolute Gasteiger partial charge is 0.486 e. The Balaban J connectivity index is 1.61. The molecule has 1 heterocycles. The van der Waals surface area contributed by atoms with E-state index >= 15 is 0 Å². The molecule has 1 aromatic carbocycles. The van der Waals surface area contributed by atoms with Crippen LogP contribution in [0.3, 0.4) is 0 Å². The zero-order chi connectivity index (χ0) is 16.4. The third-order valence-electron chi connectivity index (χ3n) is 4.97. The average molecular weight is 318 g/mol. The van der Waals surface area contributed by atoms with Crippen LogP contribution in [-0.4, -0.2) is 42.6 Å². The summed E-state index contributed by atoms with van der Waals surface area (Å²) in [7, 11) is 1.83. The monoisotopic (exact) mass is 318 g/mol. The Labute approximate surface area is 137 Å². The SMILES string of the molecule is CN(CC1COc2ccccc2O1)C(=O)C1CCCCC1(C)N. The summed E-state index contributed by atoms with van der Waals surface area (Å²) in [5.74, 6) is 1.53. The quantitative estimate of drug-likeness (QED) is 0.928. The van der Waals surface area contributed by atoms with Gasteiger partial charge in [-0.05, 0) is 31.9 Å². The number of hydrogen-bond donors (Lipinski definition) is 1. The van der Waals surface area contributed by atoms with Crippen LogP contribution in [0, 0.1) is 5.92 Å². The number of rotatable bonds is 3. The molecule has 2 N–H and O–H groups in total. The number of nitrogens with two attached hydrogens (primary N) is 1. The summed E-state index contributed by atoms with van der Waals surface area (Å²) in [5, 5.41) is 0. The fourth-order valence-electron chi connectivity index (χ4n) is 3.58. The van der Waals surface area contributed by atoms with Gasteiger partial charge in [0, 0.05) is 12.6 Å². The molecule has 0 bridgehead atoms. The second kappa shape index (κ2) is 6.40. The predicted octanol–water partition coefficient (Wildman–Crippen LogP) is 2.19. The van der Waals surface area contributed by atoms with Gasteiger partial charge in [0.05, 0.1) is 12.5 Å². The molecule has 5 heteroatoms. The van der Waals surface area contributed by atoms with Crippen molar-refractivity contribution in [3.63, 3.8) is 0 Å². The van der Waals surface area contributed by atoms with Gasteiger partial charge in [-0.25, -0.2) is 0 Å². The molecule has 0 aromatic heterocycles. The summed E-state index contributed by atoms with van der Waals surface area (Å²) in [6.45, 7) is 2.97. The first-order valence-electron chi connectivity index (χ1n) is 8.40. The van der Waals surface area contributed by atoms with Crippen LogP contribution in [0.4, 0.5) is 0 Å². The fraction of sp³-hybridized carbons (Fsp3) is 0.611. The first-order chi connectivity index (χ1) is 11.0. The minimum atomic E-state index is -0.403. The smallest absolute Gasteiger partial charge is 0.227 e. The molecule has 1 aliphatic heterocycles. The number of fused-ring (bicyclic) bond motifs is 1. The summed E-state index contributed by atoms with van der Waals surface area (Å²) in [6, 6.07) is 7.62. The van der Waals surface area contributed by atoms with E-state index in [1.165, 1.54) is 0 Å². The zero-order valence-electron chi connectivity index (χ0n) is 14.0. The van der Waals surface area contributed by atoms with Crippen molar-refractivity contribution in [3.05, 3.63) is 24.3 Å². The van der Waals surface area contributed by atoms with Crippen molar-refractivity contribution < 1.29 is 14.3 Å². The van der Waals surface area contributed by atoms with Gasteiger partial charge in [-0.2, -0.15) is 0 Å². The molecule has 1 amide bonds. The number of nitrogens with zero attached hydrogens (tertiary/aromatic N) is 1. The van der Waals surface area contributed by atoms with Crippen LogP contribution in [-0.2, 0) is 4.79 Å². The van der Waals surface area contributed by atoms with Gasteiger partial charge in [0.1, 0.15) is 6.61 Å². The Bertz CT molecular complexity index is 573. The Morgan fingerprint density at radius 1 is 1.35 bits per heavy atom. The molecule has 1 aliphatic carbocycles. The van der Waals surface area contributed by atoms with Crippen LogP contribution < -0.4 is 15.2 Å². The average Bonchev–Trinajstić information content (AvgIpc) is 2.53. The van der Waals surface area contributed by atoms with Crippen LogP contribution in [0.2, 0.25) is 0 Å². The molecule has 0 saturated heterocycles. The first-order valence-corrected chi connectivity index (χ1v) is 8.40. The van der Waals surface area contributed by atoms with E-state index in [1.54, 1.807) is 4.90 Å². The van der Waals surface area contributed by atoms with Crippen molar-refractivity contribution in [3.8, 4) is 11.5 Å². The normalized spacial score (nSPS) is 29.9. The summed E-state index contributed by atoms with van der Waals surface area (Å²) in [6.07, 6.45) is 3.82. The lowest BCUT2D eigenvalue weighted by Crippen LogP contribution is -2.54. The first kappa shape index (κ1) is 16.1. The highest BCUT2D eigenvalue weighted by molar-refractivity contribution is 5.80. The summed E-state index contributed by atoms with van der Waals surface area (Å²) in [5.41, 5.74) is 5.95. The minimum absolute atomic E-state index is 0.0990. The van der Waals surface area contributed by atoms with Crippen LogP contribution >= 0.6 is 0 Å². The topological polar surface area (TPSA) is 64.8 Å². The molecule has 3 rings (SSSR count). The number of hydrogen-bond acceptors (Lipinski definition) is 4. The van der Waals surface area contributed by atoms with Gasteiger partial charge in [-0.3, -0.25) is 4.79 Å². The van der Waals surface area contributed by atoms with Gasteiger partial charge in [-0.15, -0.1) is 0 Å². The third-order valence-corrected chi connectivity index (χ3v) is 4.97. The Kier molecular flexibility index (Phi) is 4.48. The summed E-state index contributed by atoms with van der Waals surface area (Å²) < 4.78 is 11.7. The molecule has 126 valence electrons. The lowest BCUT2D eigenvalue weighted by Gasteiger charge is -2.40. The molecule has 5 nitrogen and oxygen atoms in total. The van der Waals surface area contributed by atoms with Crippen molar-refractivity contribution in [2.45, 2.75) is 44.2 Å². The molecule has 3 atom stereocenters. The Morgan fingerprint density at radius 3 is 2.83 bits per heavy atom. The highest BCUT2D eigenvalue weighted by Gasteiger charge is 2.39. The number of para-hydroxylation sites is 2. The van der Waals surface area contributed by atoms with Crippen molar-refractivity contribution in [2.24, 2.45) is 11.7 Å². The molecule has 0 spiro atoms. The van der Waals surface area contributed by atoms with Gasteiger partial charge >= 0.3 is 0 Å². The lowest BCUT2D eigenvalue weighted by atomic mass is 9.74. The van der Waals surface area contributed by atoms with Gasteiger partial charge in [-0.1, -0.05) is 25.0 Å². The number of benzene rings is 1. The second-order valence-corrected chi connectivity index (χ2v) is 7.02. The minimum Gasteiger partial charge on any atom is -0.486 e.